The highest BCUT2D eigenvalue weighted by atomic mass is 16.4. The summed E-state index contributed by atoms with van der Waals surface area (Å²) in [4.78, 5) is 11.0. The molecule has 3 heteroatoms. The van der Waals surface area contributed by atoms with Crippen LogP contribution in [0, 0.1) is 11.3 Å². The van der Waals surface area contributed by atoms with Crippen LogP contribution in [0.1, 0.15) is 35.2 Å². The van der Waals surface area contributed by atoms with Crippen LogP contribution in [0.5, 0.6) is 0 Å². The molecule has 0 atom stereocenters. The van der Waals surface area contributed by atoms with Gasteiger partial charge in [0.15, 0.2) is 0 Å². The maximum atomic E-state index is 11.0. The van der Waals surface area contributed by atoms with Gasteiger partial charge in [-0.05, 0) is 30.9 Å². The van der Waals surface area contributed by atoms with Crippen LogP contribution in [0.25, 0.3) is 0 Å². The molecule has 76 valence electrons. The minimum Gasteiger partial charge on any atom is -0.478 e. The lowest BCUT2D eigenvalue weighted by molar-refractivity contribution is 0.0693. The maximum Gasteiger partial charge on any atom is 0.336 e. The molecular weight excluding hydrogens is 190 g/mol. The average Bonchev–Trinajstić information content (AvgIpc) is 2.17. The Hall–Kier alpha value is -1.82. The third kappa shape index (κ3) is 1.39. The van der Waals surface area contributed by atoms with Gasteiger partial charge in [-0.25, -0.2) is 4.79 Å². The third-order valence-corrected chi connectivity index (χ3v) is 3.09. The molecule has 1 saturated carbocycles. The molecule has 1 aromatic rings. The van der Waals surface area contributed by atoms with E-state index in [1.165, 1.54) is 0 Å². The third-order valence-electron chi connectivity index (χ3n) is 3.09. The van der Waals surface area contributed by atoms with Crippen molar-refractivity contribution in [2.45, 2.75) is 24.7 Å². The molecule has 0 saturated heterocycles. The van der Waals surface area contributed by atoms with Crippen LogP contribution in [0.2, 0.25) is 0 Å². The first kappa shape index (κ1) is 9.72. The second kappa shape index (κ2) is 3.39. The van der Waals surface area contributed by atoms with E-state index >= 15 is 0 Å². The van der Waals surface area contributed by atoms with E-state index < -0.39 is 11.4 Å². The van der Waals surface area contributed by atoms with Crippen molar-refractivity contribution in [2.75, 3.05) is 0 Å². The van der Waals surface area contributed by atoms with Crippen LogP contribution in [0.4, 0.5) is 0 Å². The first-order valence-corrected chi connectivity index (χ1v) is 4.94. The zero-order valence-corrected chi connectivity index (χ0v) is 8.23. The minimum absolute atomic E-state index is 0.263. The second-order valence-electron chi connectivity index (χ2n) is 3.90. The number of hydrogen-bond acceptors (Lipinski definition) is 2. The van der Waals surface area contributed by atoms with Gasteiger partial charge in [-0.1, -0.05) is 18.2 Å². The Kier molecular flexibility index (Phi) is 2.20. The van der Waals surface area contributed by atoms with Crippen molar-refractivity contribution in [2.24, 2.45) is 0 Å². The SMILES string of the molecule is N#CC1(c2ccccc2C(=O)O)CCC1. The fraction of sp³-hybridized carbons (Fsp3) is 0.333. The topological polar surface area (TPSA) is 61.1 Å². The number of carbonyl (C=O) groups is 1. The molecule has 0 bridgehead atoms. The lowest BCUT2D eigenvalue weighted by atomic mass is 9.64. The Bertz CT molecular complexity index is 441. The van der Waals surface area contributed by atoms with E-state index in [0.717, 1.165) is 19.3 Å². The molecule has 0 spiro atoms. The fourth-order valence-corrected chi connectivity index (χ4v) is 2.06. The molecule has 0 aromatic heterocycles. The monoisotopic (exact) mass is 201 g/mol. The van der Waals surface area contributed by atoms with Gasteiger partial charge in [-0.3, -0.25) is 0 Å². The Morgan fingerprint density at radius 1 is 1.40 bits per heavy atom. The van der Waals surface area contributed by atoms with Crippen LogP contribution in [-0.2, 0) is 5.41 Å². The highest BCUT2D eigenvalue weighted by Crippen LogP contribution is 2.44. The summed E-state index contributed by atoms with van der Waals surface area (Å²) >= 11 is 0. The molecule has 1 aliphatic rings. The van der Waals surface area contributed by atoms with Gasteiger partial charge in [-0.15, -0.1) is 0 Å². The normalized spacial score (nSPS) is 17.5. The van der Waals surface area contributed by atoms with Crippen LogP contribution >= 0.6 is 0 Å². The van der Waals surface area contributed by atoms with Gasteiger partial charge < -0.3 is 5.11 Å². The summed E-state index contributed by atoms with van der Waals surface area (Å²) in [5.74, 6) is -0.952. The largest absolute Gasteiger partial charge is 0.478 e. The molecule has 0 radical (unpaired) electrons. The van der Waals surface area contributed by atoms with Crippen molar-refractivity contribution < 1.29 is 9.90 Å². The van der Waals surface area contributed by atoms with Crippen LogP contribution < -0.4 is 0 Å². The zero-order valence-electron chi connectivity index (χ0n) is 8.23. The summed E-state index contributed by atoms with van der Waals surface area (Å²) in [6.07, 6.45) is 2.54. The van der Waals surface area contributed by atoms with Crippen molar-refractivity contribution in [1.29, 1.82) is 5.26 Å². The molecule has 2 rings (SSSR count). The van der Waals surface area contributed by atoms with E-state index in [9.17, 15) is 4.79 Å². The summed E-state index contributed by atoms with van der Waals surface area (Å²) in [5, 5.41) is 18.2. The molecule has 1 fully saturated rings. The van der Waals surface area contributed by atoms with Crippen molar-refractivity contribution in [3.05, 3.63) is 35.4 Å². The van der Waals surface area contributed by atoms with Gasteiger partial charge in [0.25, 0.3) is 0 Å². The highest BCUT2D eigenvalue weighted by Gasteiger charge is 2.41. The summed E-state index contributed by atoms with van der Waals surface area (Å²) in [5.41, 5.74) is 0.389. The van der Waals surface area contributed by atoms with Crippen molar-refractivity contribution in [1.82, 2.24) is 0 Å². The van der Waals surface area contributed by atoms with Crippen molar-refractivity contribution in [3.8, 4) is 6.07 Å². The van der Waals surface area contributed by atoms with Crippen molar-refractivity contribution >= 4 is 5.97 Å². The minimum atomic E-state index is -0.952. The molecular formula is C12H11NO2. The molecule has 1 aromatic carbocycles. The van der Waals surface area contributed by atoms with Gasteiger partial charge in [0.05, 0.1) is 17.0 Å². The van der Waals surface area contributed by atoms with Crippen molar-refractivity contribution in [3.63, 3.8) is 0 Å². The van der Waals surface area contributed by atoms with E-state index in [0.29, 0.717) is 5.56 Å². The van der Waals surface area contributed by atoms with Gasteiger partial charge >= 0.3 is 5.97 Å². The quantitative estimate of drug-likeness (QED) is 0.798. The summed E-state index contributed by atoms with van der Waals surface area (Å²) in [6.45, 7) is 0. The highest BCUT2D eigenvalue weighted by molar-refractivity contribution is 5.90. The number of aromatic carboxylic acids is 1. The van der Waals surface area contributed by atoms with Crippen LogP contribution in [0.15, 0.2) is 24.3 Å². The van der Waals surface area contributed by atoms with E-state index in [1.54, 1.807) is 24.3 Å². The molecule has 0 amide bonds. The first-order valence-electron chi connectivity index (χ1n) is 4.94. The lowest BCUT2D eigenvalue weighted by Crippen LogP contribution is -2.34. The summed E-state index contributed by atoms with van der Waals surface area (Å²) in [6, 6.07) is 9.07. The Labute approximate surface area is 88.0 Å². The Balaban J connectivity index is 2.53. The molecule has 0 aliphatic heterocycles. The average molecular weight is 201 g/mol. The number of carboxylic acid groups (broad SMARTS) is 1. The van der Waals surface area contributed by atoms with Crippen LogP contribution in [-0.4, -0.2) is 11.1 Å². The first-order chi connectivity index (χ1) is 7.19. The van der Waals surface area contributed by atoms with Gasteiger partial charge in [0.1, 0.15) is 0 Å². The summed E-state index contributed by atoms with van der Waals surface area (Å²) < 4.78 is 0. The molecule has 1 N–H and O–H groups in total. The Morgan fingerprint density at radius 3 is 2.53 bits per heavy atom. The van der Waals surface area contributed by atoms with Gasteiger partial charge in [0, 0.05) is 0 Å². The number of hydrogen-bond donors (Lipinski definition) is 1. The smallest absolute Gasteiger partial charge is 0.336 e. The van der Waals surface area contributed by atoms with Gasteiger partial charge in [-0.2, -0.15) is 5.26 Å². The Morgan fingerprint density at radius 2 is 2.07 bits per heavy atom. The predicted octanol–water partition coefficient (Wildman–Crippen LogP) is 2.33. The zero-order chi connectivity index (χ0) is 10.9. The predicted molar refractivity (Wildman–Crippen MR) is 54.5 cm³/mol. The standard InChI is InChI=1S/C12H11NO2/c13-8-12(6-3-7-12)10-5-2-1-4-9(10)11(14)15/h1-2,4-5H,3,6-7H2,(H,14,15). The maximum absolute atomic E-state index is 11.0. The summed E-state index contributed by atoms with van der Waals surface area (Å²) in [7, 11) is 0. The van der Waals surface area contributed by atoms with E-state index in [-0.39, 0.29) is 5.56 Å². The van der Waals surface area contributed by atoms with E-state index in [1.807, 2.05) is 0 Å². The molecule has 15 heavy (non-hydrogen) atoms. The number of nitrogens with zero attached hydrogens (tertiary/aromatic N) is 1. The second-order valence-corrected chi connectivity index (χ2v) is 3.90. The van der Waals surface area contributed by atoms with E-state index in [2.05, 4.69) is 6.07 Å². The fourth-order valence-electron chi connectivity index (χ4n) is 2.06. The molecule has 1 aliphatic carbocycles. The lowest BCUT2D eigenvalue weighted by Gasteiger charge is -2.36. The molecule has 0 unspecified atom stereocenters. The van der Waals surface area contributed by atoms with Crippen LogP contribution in [0.3, 0.4) is 0 Å². The van der Waals surface area contributed by atoms with Gasteiger partial charge in [0.2, 0.25) is 0 Å². The number of rotatable bonds is 2. The number of carboxylic acids is 1. The molecule has 3 nitrogen and oxygen atoms in total. The van der Waals surface area contributed by atoms with E-state index in [4.69, 9.17) is 10.4 Å². The number of benzene rings is 1. The molecule has 0 heterocycles. The number of nitriles is 1.